The molecule has 5 rings (SSSR count). The van der Waals surface area contributed by atoms with Crippen molar-refractivity contribution < 1.29 is 14.6 Å². The second-order valence-electron chi connectivity index (χ2n) is 9.71. The number of carbonyl (C=O) groups is 1. The maximum absolute atomic E-state index is 13.2. The lowest BCUT2D eigenvalue weighted by Crippen LogP contribution is -2.55. The van der Waals surface area contributed by atoms with Gasteiger partial charge in [-0.1, -0.05) is 13.0 Å². The largest absolute Gasteiger partial charge is 0.497 e. The van der Waals surface area contributed by atoms with Crippen molar-refractivity contribution in [1.82, 2.24) is 19.8 Å². The molecule has 2 aliphatic heterocycles. The molecule has 3 aromatic rings. The van der Waals surface area contributed by atoms with E-state index in [0.29, 0.717) is 13.0 Å². The molecule has 34 heavy (non-hydrogen) atoms. The third-order valence-electron chi connectivity index (χ3n) is 7.65. The number of likely N-dealkylation sites (tertiary alicyclic amines) is 1. The third-order valence-corrected chi connectivity index (χ3v) is 7.65. The molecule has 4 heterocycles. The molecule has 1 spiro atoms. The topological polar surface area (TPSA) is 81.7 Å². The molecule has 1 aromatic carbocycles. The number of pyridine rings is 1. The average molecular weight is 463 g/mol. The molecule has 1 atom stereocenters. The van der Waals surface area contributed by atoms with Crippen molar-refractivity contribution in [2.24, 2.45) is 0 Å². The molecule has 7 heteroatoms. The first-order chi connectivity index (χ1) is 16.6. The summed E-state index contributed by atoms with van der Waals surface area (Å²) < 4.78 is 5.46. The van der Waals surface area contributed by atoms with Gasteiger partial charge in [0.1, 0.15) is 5.75 Å². The van der Waals surface area contributed by atoms with Crippen LogP contribution in [0, 0.1) is 0 Å². The number of amides is 1. The number of H-pyrrole nitrogens is 1. The lowest BCUT2D eigenvalue weighted by Gasteiger charge is -2.50. The summed E-state index contributed by atoms with van der Waals surface area (Å²) in [5, 5.41) is 11.6. The Hall–Kier alpha value is -2.90. The van der Waals surface area contributed by atoms with Crippen LogP contribution in [0.25, 0.3) is 10.9 Å². The minimum Gasteiger partial charge on any atom is -0.497 e. The van der Waals surface area contributed by atoms with E-state index in [0.717, 1.165) is 55.9 Å². The molecular formula is C27H34N4O3. The summed E-state index contributed by atoms with van der Waals surface area (Å²) in [5.74, 6) is 0.923. The van der Waals surface area contributed by atoms with E-state index in [1.54, 1.807) is 7.11 Å². The summed E-state index contributed by atoms with van der Waals surface area (Å²) in [7, 11) is 1.67. The maximum atomic E-state index is 13.2. The Kier molecular flexibility index (Phi) is 6.32. The fourth-order valence-corrected chi connectivity index (χ4v) is 5.92. The number of piperidine rings is 1. The van der Waals surface area contributed by atoms with Crippen molar-refractivity contribution in [3.8, 4) is 5.75 Å². The highest BCUT2D eigenvalue weighted by atomic mass is 16.5. The number of rotatable bonds is 6. The maximum Gasteiger partial charge on any atom is 0.223 e. The predicted octanol–water partition coefficient (Wildman–Crippen LogP) is 3.78. The highest BCUT2D eigenvalue weighted by molar-refractivity contribution is 5.89. The van der Waals surface area contributed by atoms with Crippen LogP contribution in [0.5, 0.6) is 5.75 Å². The average Bonchev–Trinajstić information content (AvgIpc) is 3.25. The number of aliphatic hydroxyl groups is 1. The van der Waals surface area contributed by atoms with Gasteiger partial charge >= 0.3 is 0 Å². The first-order valence-electron chi connectivity index (χ1n) is 12.3. The monoisotopic (exact) mass is 462 g/mol. The molecule has 0 radical (unpaired) electrons. The zero-order valence-electron chi connectivity index (χ0n) is 20.1. The lowest BCUT2D eigenvalue weighted by atomic mass is 9.68. The van der Waals surface area contributed by atoms with E-state index in [4.69, 9.17) is 4.74 Å². The zero-order chi connectivity index (χ0) is 23.7. The number of nitrogens with one attached hydrogen (secondary N) is 1. The highest BCUT2D eigenvalue weighted by Crippen LogP contribution is 2.49. The Morgan fingerprint density at radius 3 is 2.79 bits per heavy atom. The van der Waals surface area contributed by atoms with Gasteiger partial charge < -0.3 is 19.7 Å². The number of nitrogens with zero attached hydrogens (tertiary/aromatic N) is 3. The summed E-state index contributed by atoms with van der Waals surface area (Å²) in [6.07, 6.45) is 6.98. The highest BCUT2D eigenvalue weighted by Gasteiger charge is 2.48. The molecule has 0 unspecified atom stereocenters. The number of carbonyl (C=O) groups excluding carboxylic acids is 1. The van der Waals surface area contributed by atoms with E-state index in [1.807, 2.05) is 42.4 Å². The van der Waals surface area contributed by atoms with Gasteiger partial charge in [0.15, 0.2) is 0 Å². The SMILES string of the molecule is CCCC(=O)N1CC2(CCN(Cc3cccnc3)CC2)c2c([nH]c3cc(OC)ccc23)[C@@H]1CO. The minimum absolute atomic E-state index is 0.0877. The van der Waals surface area contributed by atoms with Gasteiger partial charge in [-0.3, -0.25) is 14.7 Å². The van der Waals surface area contributed by atoms with E-state index in [1.165, 1.54) is 16.5 Å². The quantitative estimate of drug-likeness (QED) is 0.583. The normalized spacial score (nSPS) is 20.0. The van der Waals surface area contributed by atoms with Crippen LogP contribution in [0.4, 0.5) is 0 Å². The van der Waals surface area contributed by atoms with E-state index >= 15 is 0 Å². The number of aliphatic hydroxyl groups excluding tert-OH is 1. The van der Waals surface area contributed by atoms with Crippen molar-refractivity contribution in [3.05, 3.63) is 59.5 Å². The number of benzene rings is 1. The smallest absolute Gasteiger partial charge is 0.223 e. The number of hydrogen-bond acceptors (Lipinski definition) is 5. The van der Waals surface area contributed by atoms with Crippen molar-refractivity contribution in [2.75, 3.05) is 33.4 Å². The second kappa shape index (κ2) is 9.39. The standard InChI is InChI=1S/C27H34N4O3/c1-3-5-24(33)31-18-27(9-12-30(13-10-27)16-19-6-4-11-28-15-19)25-21-8-7-20(34-2)14-22(21)29-26(25)23(31)17-32/h4,6-8,11,14-15,23,29,32H,3,5,9-10,12-13,16-18H2,1-2H3/t23-/m0/s1. The van der Waals surface area contributed by atoms with Crippen LogP contribution >= 0.6 is 0 Å². The fraction of sp³-hybridized carbons (Fsp3) is 0.481. The van der Waals surface area contributed by atoms with Gasteiger partial charge in [-0.05, 0) is 61.7 Å². The Balaban J connectivity index is 1.53. The van der Waals surface area contributed by atoms with Crippen molar-refractivity contribution in [1.29, 1.82) is 0 Å². The molecule has 0 saturated carbocycles. The number of fused-ring (bicyclic) bond motifs is 4. The number of aromatic amines is 1. The van der Waals surface area contributed by atoms with E-state index in [-0.39, 0.29) is 24.0 Å². The molecule has 7 nitrogen and oxygen atoms in total. The Labute approximate surface area is 200 Å². The van der Waals surface area contributed by atoms with Crippen LogP contribution in [-0.2, 0) is 16.8 Å². The van der Waals surface area contributed by atoms with Gasteiger partial charge in [-0.25, -0.2) is 0 Å². The molecule has 2 aliphatic rings. The van der Waals surface area contributed by atoms with Crippen molar-refractivity contribution >= 4 is 16.8 Å². The lowest BCUT2D eigenvalue weighted by molar-refractivity contribution is -0.137. The molecule has 2 N–H and O–H groups in total. The summed E-state index contributed by atoms with van der Waals surface area (Å²) in [6, 6.07) is 9.92. The number of aromatic nitrogens is 2. The summed E-state index contributed by atoms with van der Waals surface area (Å²) >= 11 is 0. The summed E-state index contributed by atoms with van der Waals surface area (Å²) in [6.45, 7) is 5.40. The summed E-state index contributed by atoms with van der Waals surface area (Å²) in [4.78, 5) is 25.5. The third kappa shape index (κ3) is 3.97. The first-order valence-corrected chi connectivity index (χ1v) is 12.3. The Bertz CT molecular complexity index is 1150. The predicted molar refractivity (Wildman–Crippen MR) is 132 cm³/mol. The van der Waals surface area contributed by atoms with Gasteiger partial charge in [0.05, 0.1) is 19.8 Å². The van der Waals surface area contributed by atoms with Gasteiger partial charge in [0.2, 0.25) is 5.91 Å². The van der Waals surface area contributed by atoms with E-state index in [9.17, 15) is 9.90 Å². The number of hydrogen-bond donors (Lipinski definition) is 2. The molecule has 1 saturated heterocycles. The van der Waals surface area contributed by atoms with Crippen molar-refractivity contribution in [2.45, 2.75) is 50.6 Å². The molecule has 0 aliphatic carbocycles. The molecule has 2 aromatic heterocycles. The van der Waals surface area contributed by atoms with Gasteiger partial charge in [0, 0.05) is 60.0 Å². The molecule has 0 bridgehead atoms. The summed E-state index contributed by atoms with van der Waals surface area (Å²) in [5.41, 5.74) is 4.36. The number of ether oxygens (including phenoxy) is 1. The van der Waals surface area contributed by atoms with Gasteiger partial charge in [-0.15, -0.1) is 0 Å². The van der Waals surface area contributed by atoms with Crippen LogP contribution in [0.1, 0.15) is 55.5 Å². The molecule has 180 valence electrons. The molecule has 1 amide bonds. The zero-order valence-corrected chi connectivity index (χ0v) is 20.1. The van der Waals surface area contributed by atoms with Gasteiger partial charge in [-0.2, -0.15) is 0 Å². The molecule has 1 fully saturated rings. The number of methoxy groups -OCH3 is 1. The van der Waals surface area contributed by atoms with Crippen molar-refractivity contribution in [3.63, 3.8) is 0 Å². The van der Waals surface area contributed by atoms with Crippen LogP contribution in [0.2, 0.25) is 0 Å². The Morgan fingerprint density at radius 1 is 1.29 bits per heavy atom. The molecular weight excluding hydrogens is 428 g/mol. The van der Waals surface area contributed by atoms with Crippen LogP contribution in [-0.4, -0.2) is 64.1 Å². The first kappa shape index (κ1) is 22.9. The van der Waals surface area contributed by atoms with Gasteiger partial charge in [0.25, 0.3) is 0 Å². The second-order valence-corrected chi connectivity index (χ2v) is 9.71. The van der Waals surface area contributed by atoms with E-state index in [2.05, 4.69) is 27.0 Å². The Morgan fingerprint density at radius 2 is 2.12 bits per heavy atom. The van der Waals surface area contributed by atoms with Crippen LogP contribution < -0.4 is 4.74 Å². The van der Waals surface area contributed by atoms with Crippen LogP contribution in [0.3, 0.4) is 0 Å². The van der Waals surface area contributed by atoms with E-state index < -0.39 is 0 Å². The fourth-order valence-electron chi connectivity index (χ4n) is 5.92. The van der Waals surface area contributed by atoms with Crippen LogP contribution in [0.15, 0.2) is 42.7 Å². The minimum atomic E-state index is -0.341.